The summed E-state index contributed by atoms with van der Waals surface area (Å²) in [6.45, 7) is 0.473. The van der Waals surface area contributed by atoms with Crippen molar-refractivity contribution < 1.29 is 9.21 Å². The third-order valence-corrected chi connectivity index (χ3v) is 5.17. The number of thiazole rings is 1. The quantitative estimate of drug-likeness (QED) is 0.432. The Labute approximate surface area is 153 Å². The van der Waals surface area contributed by atoms with Crippen molar-refractivity contribution in [3.05, 3.63) is 75.6 Å². The number of hydrogen-bond donors (Lipinski definition) is 1. The van der Waals surface area contributed by atoms with E-state index in [1.165, 1.54) is 4.70 Å². The van der Waals surface area contributed by atoms with Crippen LogP contribution in [0.4, 0.5) is 0 Å². The molecular formula is C20H16N2O3S. The van der Waals surface area contributed by atoms with Gasteiger partial charge in [-0.15, -0.1) is 11.3 Å². The summed E-state index contributed by atoms with van der Waals surface area (Å²) in [5.74, 6) is -0.409. The second-order valence-corrected chi connectivity index (χ2v) is 7.04. The summed E-state index contributed by atoms with van der Waals surface area (Å²) in [5.41, 5.74) is 0.895. The van der Waals surface area contributed by atoms with Crippen LogP contribution in [-0.4, -0.2) is 17.4 Å². The fourth-order valence-electron chi connectivity index (χ4n) is 2.78. The van der Waals surface area contributed by atoms with Gasteiger partial charge in [0.15, 0.2) is 0 Å². The Bertz CT molecular complexity index is 1110. The smallest absolute Gasteiger partial charge is 0.349 e. The van der Waals surface area contributed by atoms with Gasteiger partial charge >= 0.3 is 5.63 Å². The third-order valence-electron chi connectivity index (χ3n) is 4.08. The molecule has 2 heterocycles. The lowest BCUT2D eigenvalue weighted by molar-refractivity contribution is 0.0949. The zero-order chi connectivity index (χ0) is 17.9. The predicted molar refractivity (Wildman–Crippen MR) is 103 cm³/mol. The first-order valence-corrected chi connectivity index (χ1v) is 9.18. The monoisotopic (exact) mass is 364 g/mol. The molecule has 1 amide bonds. The van der Waals surface area contributed by atoms with E-state index < -0.39 is 11.5 Å². The molecule has 5 nitrogen and oxygen atoms in total. The maximum Gasteiger partial charge on any atom is 0.349 e. The number of aryl methyl sites for hydroxylation is 1. The van der Waals surface area contributed by atoms with E-state index in [0.717, 1.165) is 28.8 Å². The highest BCUT2D eigenvalue weighted by molar-refractivity contribution is 7.18. The van der Waals surface area contributed by atoms with Crippen molar-refractivity contribution in [3.8, 4) is 0 Å². The van der Waals surface area contributed by atoms with Crippen LogP contribution in [0.15, 0.2) is 63.8 Å². The van der Waals surface area contributed by atoms with E-state index in [-0.39, 0.29) is 5.56 Å². The van der Waals surface area contributed by atoms with Crippen molar-refractivity contribution >= 4 is 38.4 Å². The zero-order valence-electron chi connectivity index (χ0n) is 13.9. The molecule has 0 aliphatic rings. The van der Waals surface area contributed by atoms with Gasteiger partial charge in [0.05, 0.1) is 15.2 Å². The van der Waals surface area contributed by atoms with Crippen molar-refractivity contribution in [1.82, 2.24) is 10.3 Å². The van der Waals surface area contributed by atoms with Gasteiger partial charge in [0.1, 0.15) is 11.1 Å². The molecule has 0 fully saturated rings. The molecule has 2 aromatic heterocycles. The number of benzene rings is 2. The third kappa shape index (κ3) is 3.36. The van der Waals surface area contributed by atoms with Crippen LogP contribution in [0.5, 0.6) is 0 Å². The standard InChI is InChI=1S/C20H16N2O3S/c23-19(14-12-13-6-1-3-8-16(13)25-20(14)24)21-11-5-10-18-22-15-7-2-4-9-17(15)26-18/h1-4,6-9,12H,5,10-11H2,(H,21,23). The van der Waals surface area contributed by atoms with Crippen LogP contribution >= 0.6 is 11.3 Å². The first-order chi connectivity index (χ1) is 12.7. The number of nitrogens with zero attached hydrogens (tertiary/aromatic N) is 1. The average Bonchev–Trinajstić information content (AvgIpc) is 3.07. The van der Waals surface area contributed by atoms with E-state index >= 15 is 0 Å². The molecule has 0 saturated heterocycles. The lowest BCUT2D eigenvalue weighted by Gasteiger charge is -2.04. The van der Waals surface area contributed by atoms with Gasteiger partial charge < -0.3 is 9.73 Å². The molecule has 130 valence electrons. The van der Waals surface area contributed by atoms with E-state index in [1.54, 1.807) is 29.5 Å². The normalized spacial score (nSPS) is 11.1. The van der Waals surface area contributed by atoms with Crippen LogP contribution in [0.1, 0.15) is 21.8 Å². The number of aromatic nitrogens is 1. The number of hydrogen-bond acceptors (Lipinski definition) is 5. The number of nitrogens with one attached hydrogen (secondary N) is 1. The Morgan fingerprint density at radius 2 is 1.92 bits per heavy atom. The van der Waals surface area contributed by atoms with E-state index in [4.69, 9.17) is 4.42 Å². The molecule has 6 heteroatoms. The summed E-state index contributed by atoms with van der Waals surface area (Å²) in [5, 5.41) is 4.56. The lowest BCUT2D eigenvalue weighted by Crippen LogP contribution is -2.29. The Morgan fingerprint density at radius 1 is 1.12 bits per heavy atom. The van der Waals surface area contributed by atoms with Crippen LogP contribution in [0.3, 0.4) is 0 Å². The number of carbonyl (C=O) groups is 1. The molecule has 4 aromatic rings. The predicted octanol–water partition coefficient (Wildman–Crippen LogP) is 3.77. The second-order valence-electron chi connectivity index (χ2n) is 5.92. The van der Waals surface area contributed by atoms with E-state index in [0.29, 0.717) is 12.1 Å². The molecule has 0 saturated carbocycles. The number of carbonyl (C=O) groups excluding carboxylic acids is 1. The van der Waals surface area contributed by atoms with Gasteiger partial charge in [-0.25, -0.2) is 9.78 Å². The van der Waals surface area contributed by atoms with Crippen LogP contribution in [0.25, 0.3) is 21.2 Å². The number of rotatable bonds is 5. The van der Waals surface area contributed by atoms with Gasteiger partial charge in [-0.2, -0.15) is 0 Å². The highest BCUT2D eigenvalue weighted by Gasteiger charge is 2.13. The second kappa shape index (κ2) is 7.09. The minimum Gasteiger partial charge on any atom is -0.422 e. The molecule has 0 aliphatic carbocycles. The van der Waals surface area contributed by atoms with Gasteiger partial charge in [-0.05, 0) is 30.7 Å². The minimum absolute atomic E-state index is 0.0312. The molecule has 0 bridgehead atoms. The fraction of sp³-hybridized carbons (Fsp3) is 0.150. The maximum atomic E-state index is 12.3. The number of fused-ring (bicyclic) bond motifs is 2. The summed E-state index contributed by atoms with van der Waals surface area (Å²) in [7, 11) is 0. The minimum atomic E-state index is -0.618. The Kier molecular flexibility index (Phi) is 4.50. The zero-order valence-corrected chi connectivity index (χ0v) is 14.7. The summed E-state index contributed by atoms with van der Waals surface area (Å²) >= 11 is 1.67. The summed E-state index contributed by atoms with van der Waals surface area (Å²) in [6.07, 6.45) is 1.54. The van der Waals surface area contributed by atoms with Gasteiger partial charge in [-0.3, -0.25) is 4.79 Å². The Hall–Kier alpha value is -2.99. The Balaban J connectivity index is 1.38. The number of amides is 1. The van der Waals surface area contributed by atoms with Crippen molar-refractivity contribution in [2.24, 2.45) is 0 Å². The average molecular weight is 364 g/mol. The van der Waals surface area contributed by atoms with E-state index in [2.05, 4.69) is 16.4 Å². The van der Waals surface area contributed by atoms with Gasteiger partial charge in [0.2, 0.25) is 0 Å². The van der Waals surface area contributed by atoms with E-state index in [9.17, 15) is 9.59 Å². The largest absolute Gasteiger partial charge is 0.422 e. The van der Waals surface area contributed by atoms with Crippen molar-refractivity contribution in [2.45, 2.75) is 12.8 Å². The van der Waals surface area contributed by atoms with Crippen molar-refractivity contribution in [1.29, 1.82) is 0 Å². The molecule has 0 spiro atoms. The van der Waals surface area contributed by atoms with Crippen LogP contribution in [0.2, 0.25) is 0 Å². The first kappa shape index (κ1) is 16.5. The molecule has 0 unspecified atom stereocenters. The highest BCUT2D eigenvalue weighted by Crippen LogP contribution is 2.22. The summed E-state index contributed by atoms with van der Waals surface area (Å²) < 4.78 is 6.37. The highest BCUT2D eigenvalue weighted by atomic mass is 32.1. The fourth-order valence-corrected chi connectivity index (χ4v) is 3.79. The first-order valence-electron chi connectivity index (χ1n) is 8.36. The van der Waals surface area contributed by atoms with Crippen LogP contribution < -0.4 is 10.9 Å². The number of para-hydroxylation sites is 2. The molecule has 2 aromatic carbocycles. The molecule has 4 rings (SSSR count). The van der Waals surface area contributed by atoms with Gasteiger partial charge in [0, 0.05) is 18.4 Å². The molecular weight excluding hydrogens is 348 g/mol. The SMILES string of the molecule is O=C(NCCCc1nc2ccccc2s1)c1cc2ccccc2oc1=O. The molecule has 0 radical (unpaired) electrons. The van der Waals surface area contributed by atoms with E-state index in [1.807, 2.05) is 30.3 Å². The van der Waals surface area contributed by atoms with Crippen molar-refractivity contribution in [2.75, 3.05) is 6.54 Å². The molecule has 0 atom stereocenters. The molecule has 0 aliphatic heterocycles. The summed E-state index contributed by atoms with van der Waals surface area (Å²) in [6, 6.07) is 16.7. The maximum absolute atomic E-state index is 12.3. The van der Waals surface area contributed by atoms with Crippen molar-refractivity contribution in [3.63, 3.8) is 0 Å². The molecule has 1 N–H and O–H groups in total. The lowest BCUT2D eigenvalue weighted by atomic mass is 10.2. The van der Waals surface area contributed by atoms with Gasteiger partial charge in [-0.1, -0.05) is 30.3 Å². The summed E-state index contributed by atoms with van der Waals surface area (Å²) in [4.78, 5) is 28.8. The van der Waals surface area contributed by atoms with Crippen LogP contribution in [0, 0.1) is 0 Å². The molecule has 26 heavy (non-hydrogen) atoms. The Morgan fingerprint density at radius 3 is 2.81 bits per heavy atom. The van der Waals surface area contributed by atoms with Gasteiger partial charge in [0.25, 0.3) is 5.91 Å². The van der Waals surface area contributed by atoms with Crippen LogP contribution in [-0.2, 0) is 6.42 Å². The topological polar surface area (TPSA) is 72.2 Å².